The standard InChI is InChI=1S/C23H24BrN3O3/c1-14-17(23(28)27-11-16(24)6-7-21(27)25-14)8-9-26-10-15-13-30-22-18(19(15)12-26)4-3-5-20(22)29-2/h3-7,11,15,19H,8-10,12-13H2,1-2H3/t15-,19-/m0/s1. The molecule has 6 nitrogen and oxygen atoms in total. The number of halogens is 1. The van der Waals surface area contributed by atoms with E-state index in [-0.39, 0.29) is 5.56 Å². The molecule has 1 saturated heterocycles. The summed E-state index contributed by atoms with van der Waals surface area (Å²) in [7, 11) is 1.68. The van der Waals surface area contributed by atoms with E-state index in [9.17, 15) is 4.79 Å². The maximum atomic E-state index is 13.0. The van der Waals surface area contributed by atoms with Gasteiger partial charge in [0.15, 0.2) is 11.5 Å². The summed E-state index contributed by atoms with van der Waals surface area (Å²) < 4.78 is 14.0. The number of benzene rings is 1. The first-order chi connectivity index (χ1) is 14.5. The second-order valence-electron chi connectivity index (χ2n) is 8.12. The number of pyridine rings is 1. The van der Waals surface area contributed by atoms with Crippen molar-refractivity contribution in [3.8, 4) is 11.5 Å². The average Bonchev–Trinajstić information content (AvgIpc) is 3.17. The van der Waals surface area contributed by atoms with E-state index in [0.717, 1.165) is 46.9 Å². The van der Waals surface area contributed by atoms with Gasteiger partial charge in [-0.15, -0.1) is 0 Å². The van der Waals surface area contributed by atoms with Crippen LogP contribution in [0.3, 0.4) is 0 Å². The highest BCUT2D eigenvalue weighted by Crippen LogP contribution is 2.45. The lowest BCUT2D eigenvalue weighted by Crippen LogP contribution is -2.28. The van der Waals surface area contributed by atoms with Gasteiger partial charge in [-0.25, -0.2) is 4.98 Å². The average molecular weight is 470 g/mol. The summed E-state index contributed by atoms with van der Waals surface area (Å²) in [6.45, 7) is 5.43. The molecule has 30 heavy (non-hydrogen) atoms. The van der Waals surface area contributed by atoms with Crippen molar-refractivity contribution in [1.29, 1.82) is 0 Å². The highest BCUT2D eigenvalue weighted by Gasteiger charge is 2.39. The van der Waals surface area contributed by atoms with E-state index in [2.05, 4.69) is 31.9 Å². The van der Waals surface area contributed by atoms with Crippen LogP contribution in [0.5, 0.6) is 11.5 Å². The summed E-state index contributed by atoms with van der Waals surface area (Å²) in [5.41, 5.74) is 3.55. The number of likely N-dealkylation sites (tertiary alicyclic amines) is 1. The van der Waals surface area contributed by atoms with Crippen molar-refractivity contribution in [3.05, 3.63) is 68.2 Å². The van der Waals surface area contributed by atoms with Gasteiger partial charge in [0.2, 0.25) is 0 Å². The van der Waals surface area contributed by atoms with Crippen LogP contribution in [0.4, 0.5) is 0 Å². The fourth-order valence-electron chi connectivity index (χ4n) is 4.81. The van der Waals surface area contributed by atoms with Crippen LogP contribution < -0.4 is 15.0 Å². The van der Waals surface area contributed by atoms with Crippen LogP contribution in [0.2, 0.25) is 0 Å². The van der Waals surface area contributed by atoms with Gasteiger partial charge in [0, 0.05) is 59.0 Å². The van der Waals surface area contributed by atoms with E-state index in [1.165, 1.54) is 5.56 Å². The minimum atomic E-state index is 0.0221. The number of nitrogens with zero attached hydrogens (tertiary/aromatic N) is 3. The molecule has 1 fully saturated rings. The Labute approximate surface area is 183 Å². The number of aryl methyl sites for hydroxylation is 1. The Morgan fingerprint density at radius 3 is 2.97 bits per heavy atom. The predicted octanol–water partition coefficient (Wildman–Crippen LogP) is 3.42. The normalized spacial score (nSPS) is 20.6. The number of aromatic nitrogens is 2. The summed E-state index contributed by atoms with van der Waals surface area (Å²) in [6.07, 6.45) is 2.48. The van der Waals surface area contributed by atoms with E-state index >= 15 is 0 Å². The van der Waals surface area contributed by atoms with E-state index in [4.69, 9.17) is 9.47 Å². The number of hydrogen-bond acceptors (Lipinski definition) is 5. The van der Waals surface area contributed by atoms with Gasteiger partial charge in [-0.05, 0) is 47.5 Å². The monoisotopic (exact) mass is 469 g/mol. The maximum absolute atomic E-state index is 13.0. The van der Waals surface area contributed by atoms with E-state index in [1.54, 1.807) is 17.7 Å². The zero-order valence-corrected chi connectivity index (χ0v) is 18.7. The Balaban J connectivity index is 1.36. The molecule has 1 aromatic carbocycles. The third kappa shape index (κ3) is 3.30. The Morgan fingerprint density at radius 1 is 1.27 bits per heavy atom. The summed E-state index contributed by atoms with van der Waals surface area (Å²) >= 11 is 3.44. The SMILES string of the molecule is COc1cccc2c1OC[C@@H]1CN(CCc3c(C)nc4ccc(Br)cn4c3=O)C[C@H]21. The van der Waals surface area contributed by atoms with Crippen LogP contribution in [0.1, 0.15) is 22.7 Å². The molecule has 2 aliphatic heterocycles. The minimum absolute atomic E-state index is 0.0221. The second-order valence-corrected chi connectivity index (χ2v) is 9.04. The van der Waals surface area contributed by atoms with Gasteiger partial charge in [0.25, 0.3) is 5.56 Å². The van der Waals surface area contributed by atoms with Crippen molar-refractivity contribution in [2.75, 3.05) is 33.4 Å². The smallest absolute Gasteiger partial charge is 0.261 e. The van der Waals surface area contributed by atoms with Gasteiger partial charge < -0.3 is 14.4 Å². The fraction of sp³-hybridized carbons (Fsp3) is 0.391. The molecule has 0 saturated carbocycles. The molecular weight excluding hydrogens is 446 g/mol. The van der Waals surface area contributed by atoms with Crippen molar-refractivity contribution in [2.45, 2.75) is 19.3 Å². The Kier molecular flexibility index (Phi) is 5.03. The van der Waals surface area contributed by atoms with Gasteiger partial charge in [-0.3, -0.25) is 9.20 Å². The quantitative estimate of drug-likeness (QED) is 0.585. The van der Waals surface area contributed by atoms with Gasteiger partial charge >= 0.3 is 0 Å². The van der Waals surface area contributed by atoms with Gasteiger partial charge in [-0.1, -0.05) is 12.1 Å². The second kappa shape index (κ2) is 7.71. The van der Waals surface area contributed by atoms with Crippen LogP contribution in [0.25, 0.3) is 5.65 Å². The summed E-state index contributed by atoms with van der Waals surface area (Å²) in [5.74, 6) is 2.61. The first-order valence-corrected chi connectivity index (χ1v) is 11.0. The summed E-state index contributed by atoms with van der Waals surface area (Å²) in [4.78, 5) is 20.1. The van der Waals surface area contributed by atoms with E-state index < -0.39 is 0 Å². The molecule has 2 aromatic heterocycles. The topological polar surface area (TPSA) is 56.1 Å². The Bertz CT molecular complexity index is 1180. The minimum Gasteiger partial charge on any atom is -0.493 e. The van der Waals surface area contributed by atoms with Gasteiger partial charge in [-0.2, -0.15) is 0 Å². The number of para-hydroxylation sites is 1. The summed E-state index contributed by atoms with van der Waals surface area (Å²) in [6, 6.07) is 9.91. The molecule has 0 aliphatic carbocycles. The van der Waals surface area contributed by atoms with Gasteiger partial charge in [0.1, 0.15) is 5.65 Å². The lowest BCUT2D eigenvalue weighted by Gasteiger charge is -2.28. The summed E-state index contributed by atoms with van der Waals surface area (Å²) in [5, 5.41) is 0. The maximum Gasteiger partial charge on any atom is 0.261 e. The molecule has 4 heterocycles. The molecular formula is C23H24BrN3O3. The highest BCUT2D eigenvalue weighted by atomic mass is 79.9. The molecule has 156 valence electrons. The van der Waals surface area contributed by atoms with E-state index in [1.807, 2.05) is 31.2 Å². The molecule has 7 heteroatoms. The van der Waals surface area contributed by atoms with Crippen LogP contribution in [-0.2, 0) is 6.42 Å². The molecule has 0 bridgehead atoms. The lowest BCUT2D eigenvalue weighted by atomic mass is 9.87. The number of ether oxygens (including phenoxy) is 2. The van der Waals surface area contributed by atoms with Crippen LogP contribution >= 0.6 is 15.9 Å². The Hall–Kier alpha value is -2.38. The third-order valence-corrected chi connectivity index (χ3v) is 6.82. The first-order valence-electron chi connectivity index (χ1n) is 10.2. The van der Waals surface area contributed by atoms with E-state index in [0.29, 0.717) is 30.5 Å². The van der Waals surface area contributed by atoms with Crippen LogP contribution in [-0.4, -0.2) is 47.6 Å². The van der Waals surface area contributed by atoms with Crippen molar-refractivity contribution in [1.82, 2.24) is 14.3 Å². The molecule has 0 N–H and O–H groups in total. The largest absolute Gasteiger partial charge is 0.493 e. The third-order valence-electron chi connectivity index (χ3n) is 6.35. The molecule has 0 amide bonds. The molecule has 3 aromatic rings. The van der Waals surface area contributed by atoms with Gasteiger partial charge in [0.05, 0.1) is 13.7 Å². The molecule has 2 atom stereocenters. The zero-order chi connectivity index (χ0) is 20.8. The Morgan fingerprint density at radius 2 is 2.13 bits per heavy atom. The predicted molar refractivity (Wildman–Crippen MR) is 119 cm³/mol. The van der Waals surface area contributed by atoms with Crippen LogP contribution in [0, 0.1) is 12.8 Å². The number of methoxy groups -OCH3 is 1. The number of hydrogen-bond donors (Lipinski definition) is 0. The highest BCUT2D eigenvalue weighted by molar-refractivity contribution is 9.10. The molecule has 0 spiro atoms. The molecule has 2 aliphatic rings. The van der Waals surface area contributed by atoms with Crippen molar-refractivity contribution in [3.63, 3.8) is 0 Å². The molecule has 5 rings (SSSR count). The van der Waals surface area contributed by atoms with Crippen LogP contribution in [0.15, 0.2) is 45.8 Å². The fourth-order valence-corrected chi connectivity index (χ4v) is 5.15. The van der Waals surface area contributed by atoms with Crippen molar-refractivity contribution in [2.24, 2.45) is 5.92 Å². The zero-order valence-electron chi connectivity index (χ0n) is 17.1. The van der Waals surface area contributed by atoms with Crippen molar-refractivity contribution >= 4 is 21.6 Å². The first kappa shape index (κ1) is 19.6. The molecule has 0 unspecified atom stereocenters. The number of fused-ring (bicyclic) bond motifs is 4. The lowest BCUT2D eigenvalue weighted by molar-refractivity contribution is 0.204. The van der Waals surface area contributed by atoms with Crippen molar-refractivity contribution < 1.29 is 9.47 Å². The molecule has 0 radical (unpaired) electrons. The number of rotatable bonds is 4.